The number of carboxylic acid groups (broad SMARTS) is 3. The third-order valence-corrected chi connectivity index (χ3v) is 8.98. The number of H-pyrrole nitrogens is 3. The number of pyridine rings is 3. The Morgan fingerprint density at radius 2 is 1.20 bits per heavy atom. The lowest BCUT2D eigenvalue weighted by molar-refractivity contribution is 0.0679. The van der Waals surface area contributed by atoms with E-state index in [1.807, 2.05) is 36.4 Å². The number of aromatic nitrogens is 3. The van der Waals surface area contributed by atoms with Crippen LogP contribution in [0.25, 0.3) is 43.8 Å². The smallest absolute Gasteiger partial charge is 0.353 e. The van der Waals surface area contributed by atoms with E-state index in [0.717, 1.165) is 35.2 Å². The van der Waals surface area contributed by atoms with Crippen LogP contribution in [-0.2, 0) is 6.42 Å². The number of phenols is 2. The fraction of sp³-hybridized carbons (Fsp3) is 0.0769. The summed E-state index contributed by atoms with van der Waals surface area (Å²) >= 11 is 2.92. The topological polar surface area (TPSA) is 277 Å². The van der Waals surface area contributed by atoms with E-state index >= 15 is 0 Å². The lowest BCUT2D eigenvalue weighted by Gasteiger charge is -2.07. The number of aromatic carboxylic acids is 3. The summed E-state index contributed by atoms with van der Waals surface area (Å²) in [5.74, 6) is -3.96. The summed E-state index contributed by atoms with van der Waals surface area (Å²) in [6.07, 6.45) is 1.40. The molecule has 0 aliphatic rings. The molecule has 0 atom stereocenters. The van der Waals surface area contributed by atoms with Gasteiger partial charge in [-0.15, -0.1) is 0 Å². The summed E-state index contributed by atoms with van der Waals surface area (Å²) < 4.78 is -0.0573. The summed E-state index contributed by atoms with van der Waals surface area (Å²) in [6, 6.07) is 24.5. The molecule has 3 aromatic heterocycles. The Morgan fingerprint density at radius 1 is 0.618 bits per heavy atom. The first kappa shape index (κ1) is 39.2. The van der Waals surface area contributed by atoms with Crippen LogP contribution in [0.2, 0.25) is 0 Å². The van der Waals surface area contributed by atoms with Crippen molar-refractivity contribution >= 4 is 66.5 Å². The highest BCUT2D eigenvalue weighted by molar-refractivity contribution is 9.10. The third-order valence-electron chi connectivity index (χ3n) is 8.23. The van der Waals surface area contributed by atoms with Gasteiger partial charge in [-0.05, 0) is 76.8 Å². The molecule has 0 spiro atoms. The summed E-state index contributed by atoms with van der Waals surface area (Å²) in [7, 11) is 0. The number of carbonyl (C=O) groups is 3. The molecule has 4 aromatic carbocycles. The fourth-order valence-corrected chi connectivity index (χ4v) is 6.10. The number of hydrogen-bond donors (Lipinski definition) is 9. The van der Waals surface area contributed by atoms with Crippen molar-refractivity contribution in [1.82, 2.24) is 15.0 Å². The normalized spacial score (nSPS) is 10.7. The van der Waals surface area contributed by atoms with E-state index in [1.54, 1.807) is 18.2 Å². The van der Waals surface area contributed by atoms with Gasteiger partial charge in [-0.2, -0.15) is 0 Å². The van der Waals surface area contributed by atoms with Gasteiger partial charge in [0, 0.05) is 28.5 Å². The molecule has 0 amide bonds. The van der Waals surface area contributed by atoms with Gasteiger partial charge in [-0.25, -0.2) is 14.4 Å². The van der Waals surface area contributed by atoms with Crippen molar-refractivity contribution in [3.63, 3.8) is 0 Å². The highest BCUT2D eigenvalue weighted by atomic mass is 79.9. The number of aromatic hydroxyl groups is 2. The van der Waals surface area contributed by atoms with Crippen LogP contribution < -0.4 is 22.0 Å². The van der Waals surface area contributed by atoms with Crippen molar-refractivity contribution in [1.29, 1.82) is 0 Å². The zero-order chi connectivity index (χ0) is 40.0. The number of fused-ring (bicyclic) bond motifs is 3. The van der Waals surface area contributed by atoms with E-state index < -0.39 is 28.8 Å². The molecule has 0 bridgehead atoms. The number of benzene rings is 4. The van der Waals surface area contributed by atoms with Gasteiger partial charge in [0.25, 0.3) is 0 Å². The van der Waals surface area contributed by atoms with Crippen LogP contribution in [0, 0.1) is 0 Å². The summed E-state index contributed by atoms with van der Waals surface area (Å²) in [4.78, 5) is 76.3. The number of phenolic OH excluding ortho intramolecular Hbond substituents is 2. The minimum absolute atomic E-state index is 0.0573. The van der Waals surface area contributed by atoms with Gasteiger partial charge in [0.05, 0.1) is 26.4 Å². The number of para-hydroxylation sites is 2. The van der Waals surface area contributed by atoms with Crippen molar-refractivity contribution in [2.45, 2.75) is 12.8 Å². The molecule has 0 fully saturated rings. The quantitative estimate of drug-likeness (QED) is 0.0977. The molecule has 16 heteroatoms. The average molecular weight is 812 g/mol. The number of nitrogens with two attached hydrogens (primary N) is 1. The highest BCUT2D eigenvalue weighted by Crippen LogP contribution is 2.27. The second-order valence-electron chi connectivity index (χ2n) is 11.9. The summed E-state index contributed by atoms with van der Waals surface area (Å²) in [5.41, 5.74) is 6.92. The number of rotatable bonds is 7. The van der Waals surface area contributed by atoms with E-state index in [2.05, 4.69) is 30.9 Å². The van der Waals surface area contributed by atoms with Crippen molar-refractivity contribution in [2.24, 2.45) is 5.73 Å². The van der Waals surface area contributed by atoms with Crippen LogP contribution in [0.15, 0.2) is 110 Å². The molecule has 55 heavy (non-hydrogen) atoms. The Kier molecular flexibility index (Phi) is 11.9. The van der Waals surface area contributed by atoms with Gasteiger partial charge in [0.1, 0.15) is 28.6 Å². The first-order valence-electron chi connectivity index (χ1n) is 16.3. The Labute approximate surface area is 317 Å². The molecule has 7 rings (SSSR count). The van der Waals surface area contributed by atoms with E-state index in [9.17, 15) is 39.0 Å². The Hall–Kier alpha value is -7.04. The van der Waals surface area contributed by atoms with Crippen molar-refractivity contribution in [3.8, 4) is 22.6 Å². The van der Waals surface area contributed by atoms with Gasteiger partial charge in [0.15, 0.2) is 10.9 Å². The monoisotopic (exact) mass is 810 g/mol. The largest absolute Gasteiger partial charge is 0.506 e. The molecule has 0 unspecified atom stereocenters. The second-order valence-corrected chi connectivity index (χ2v) is 12.7. The van der Waals surface area contributed by atoms with Crippen LogP contribution in [-0.4, -0.2) is 64.9 Å². The maximum Gasteiger partial charge on any atom is 0.353 e. The molecule has 0 radical (unpaired) electrons. The van der Waals surface area contributed by atoms with Gasteiger partial charge in [-0.1, -0.05) is 48.5 Å². The highest BCUT2D eigenvalue weighted by Gasteiger charge is 2.17. The van der Waals surface area contributed by atoms with Crippen molar-refractivity contribution in [2.75, 3.05) is 6.54 Å². The molecular weight excluding hydrogens is 780 g/mol. The molecule has 0 aliphatic carbocycles. The Morgan fingerprint density at radius 3 is 1.82 bits per heavy atom. The van der Waals surface area contributed by atoms with E-state index in [-0.39, 0.29) is 60.3 Å². The predicted octanol–water partition coefficient (Wildman–Crippen LogP) is 5.41. The Bertz CT molecular complexity index is 2800. The van der Waals surface area contributed by atoms with Crippen LogP contribution in [0.3, 0.4) is 0 Å². The zero-order valence-corrected chi connectivity index (χ0v) is 30.0. The summed E-state index contributed by atoms with van der Waals surface area (Å²) in [6.45, 7) is 0.521. The molecule has 15 nitrogen and oxygen atoms in total. The van der Waals surface area contributed by atoms with Gasteiger partial charge in [0.2, 0.25) is 5.43 Å². The SMILES string of the molecule is NCCCc1cc(O)c2[nH]c(C(=O)O)cc(=O)c2c1.O=C(O)c1[nH]c2c(O)cccc2c(=O)c1Br.O=C(O)c1cc(=O)c2cccc(-c3ccccc3)c2[nH]1. The van der Waals surface area contributed by atoms with Gasteiger partial charge < -0.3 is 46.2 Å². The molecule has 0 saturated carbocycles. The van der Waals surface area contributed by atoms with Gasteiger partial charge in [-0.3, -0.25) is 14.4 Å². The van der Waals surface area contributed by atoms with Crippen molar-refractivity contribution < 1.29 is 39.9 Å². The fourth-order valence-electron chi connectivity index (χ4n) is 5.62. The van der Waals surface area contributed by atoms with Gasteiger partial charge >= 0.3 is 17.9 Å². The van der Waals surface area contributed by atoms with E-state index in [0.29, 0.717) is 23.9 Å². The first-order valence-corrected chi connectivity index (χ1v) is 17.0. The lowest BCUT2D eigenvalue weighted by atomic mass is 10.0. The number of carboxylic acids is 3. The number of hydrogen-bond acceptors (Lipinski definition) is 9. The van der Waals surface area contributed by atoms with Crippen LogP contribution >= 0.6 is 15.9 Å². The number of aromatic amines is 3. The van der Waals surface area contributed by atoms with Crippen molar-refractivity contribution in [3.05, 3.63) is 149 Å². The average Bonchev–Trinajstić information content (AvgIpc) is 3.16. The predicted molar refractivity (Wildman–Crippen MR) is 208 cm³/mol. The molecular formula is C39H31BrN4O11. The molecule has 3 heterocycles. The van der Waals surface area contributed by atoms with E-state index in [1.165, 1.54) is 24.3 Å². The molecule has 0 aliphatic heterocycles. The molecule has 10 N–H and O–H groups in total. The lowest BCUT2D eigenvalue weighted by Crippen LogP contribution is -2.12. The molecule has 280 valence electrons. The maximum atomic E-state index is 12.0. The van der Waals surface area contributed by atoms with Crippen LogP contribution in [0.4, 0.5) is 0 Å². The molecule has 0 saturated heterocycles. The second kappa shape index (κ2) is 16.7. The zero-order valence-electron chi connectivity index (χ0n) is 28.4. The minimum Gasteiger partial charge on any atom is -0.506 e. The minimum atomic E-state index is -1.27. The number of aryl methyl sites for hydroxylation is 1. The van der Waals surface area contributed by atoms with Crippen LogP contribution in [0.1, 0.15) is 43.4 Å². The third kappa shape index (κ3) is 8.62. The molecule has 7 aromatic rings. The maximum absolute atomic E-state index is 12.0. The first-order chi connectivity index (χ1) is 26.2. The number of nitrogens with one attached hydrogen (secondary N) is 3. The Balaban J connectivity index is 0.000000159. The standard InChI is InChI=1S/C16H11NO3.C13H14N2O4.C10H6BrNO4/c18-14-9-13(16(19)20)17-15-11(7-4-8-12(14)15)10-5-2-1-3-6-10;14-3-1-2-7-4-8-10(16)6-9(13(18)19)15-12(8)11(17)5-7;11-6-8(10(15)16)12-7-4(9(6)14)2-1-3-5(7)13/h1-9H,(H,17,18)(H,19,20);4-6,17H,1-3,14H2,(H,15,16)(H,18,19);1-3,13H,(H,12,14)(H,15,16). The van der Waals surface area contributed by atoms with Crippen LogP contribution in [0.5, 0.6) is 11.5 Å². The number of halogens is 1. The summed E-state index contributed by atoms with van der Waals surface area (Å²) in [5, 5.41) is 47.2. The van der Waals surface area contributed by atoms with E-state index in [4.69, 9.17) is 21.1 Å².